The monoisotopic (exact) mass is 341 g/mol. The van der Waals surface area contributed by atoms with Crippen LogP contribution in [-0.2, 0) is 6.54 Å². The van der Waals surface area contributed by atoms with E-state index in [0.717, 1.165) is 26.1 Å². The summed E-state index contributed by atoms with van der Waals surface area (Å²) in [7, 11) is 0. The minimum absolute atomic E-state index is 0.0798. The number of rotatable bonds is 5. The first kappa shape index (κ1) is 17.7. The van der Waals surface area contributed by atoms with Crippen molar-refractivity contribution in [1.29, 1.82) is 0 Å². The average Bonchev–Trinajstić information content (AvgIpc) is 3.15. The number of carbonyl (C=O) groups excluding carboxylic acids is 1. The highest BCUT2D eigenvalue weighted by molar-refractivity contribution is 5.96. The average molecular weight is 341 g/mol. The molecular formula is C20H27N3O2. The Morgan fingerprint density at radius 2 is 2.08 bits per heavy atom. The fourth-order valence-electron chi connectivity index (χ4n) is 3.52. The van der Waals surface area contributed by atoms with E-state index >= 15 is 0 Å². The van der Waals surface area contributed by atoms with E-state index in [1.807, 2.05) is 0 Å². The first-order valence-electron chi connectivity index (χ1n) is 8.93. The number of nitrogens with one attached hydrogen (secondary N) is 1. The van der Waals surface area contributed by atoms with Crippen molar-refractivity contribution in [2.45, 2.75) is 40.7 Å². The molecule has 0 radical (unpaired) electrons. The standard InChI is InChI=1S/C20H27N3O2/c1-13-5-6-17(9-14(13)2)11-23-8-7-18(12-23)10-21-20(24)19-15(3)22-25-16(19)4/h5-6,9,18H,7-8,10-12H2,1-4H3,(H,21,24)/t18-/m0/s1. The summed E-state index contributed by atoms with van der Waals surface area (Å²) in [5.74, 6) is 0.998. The van der Waals surface area contributed by atoms with Crippen LogP contribution in [0.25, 0.3) is 0 Å². The Morgan fingerprint density at radius 1 is 1.28 bits per heavy atom. The molecule has 134 valence electrons. The molecule has 1 amide bonds. The number of benzene rings is 1. The van der Waals surface area contributed by atoms with Crippen LogP contribution in [0.15, 0.2) is 22.7 Å². The summed E-state index contributed by atoms with van der Waals surface area (Å²) in [5.41, 5.74) is 5.27. The SMILES string of the molecule is Cc1ccc(CN2CC[C@@H](CNC(=O)c3c(C)noc3C)C2)cc1C. The van der Waals surface area contributed by atoms with Crippen molar-refractivity contribution in [3.05, 3.63) is 51.9 Å². The van der Waals surface area contributed by atoms with Gasteiger partial charge in [-0.25, -0.2) is 0 Å². The lowest BCUT2D eigenvalue weighted by molar-refractivity contribution is 0.0945. The van der Waals surface area contributed by atoms with Gasteiger partial charge >= 0.3 is 0 Å². The summed E-state index contributed by atoms with van der Waals surface area (Å²) in [6.45, 7) is 11.7. The van der Waals surface area contributed by atoms with Gasteiger partial charge in [0.15, 0.2) is 0 Å². The third-order valence-electron chi connectivity index (χ3n) is 5.16. The van der Waals surface area contributed by atoms with Crippen LogP contribution in [-0.4, -0.2) is 35.6 Å². The van der Waals surface area contributed by atoms with Gasteiger partial charge in [0.2, 0.25) is 0 Å². The van der Waals surface area contributed by atoms with Gasteiger partial charge in [-0.2, -0.15) is 0 Å². The van der Waals surface area contributed by atoms with Gasteiger partial charge in [-0.15, -0.1) is 0 Å². The van der Waals surface area contributed by atoms with Crippen LogP contribution >= 0.6 is 0 Å². The summed E-state index contributed by atoms with van der Waals surface area (Å²) < 4.78 is 5.07. The van der Waals surface area contributed by atoms with Crippen LogP contribution in [0.1, 0.15) is 44.9 Å². The van der Waals surface area contributed by atoms with Crippen LogP contribution in [0.3, 0.4) is 0 Å². The molecule has 0 unspecified atom stereocenters. The Hall–Kier alpha value is -2.14. The van der Waals surface area contributed by atoms with Gasteiger partial charge in [-0.3, -0.25) is 9.69 Å². The first-order valence-corrected chi connectivity index (χ1v) is 8.93. The zero-order chi connectivity index (χ0) is 18.0. The van der Waals surface area contributed by atoms with Crippen LogP contribution in [0, 0.1) is 33.6 Å². The second-order valence-electron chi connectivity index (χ2n) is 7.22. The van der Waals surface area contributed by atoms with E-state index in [1.165, 1.54) is 16.7 Å². The van der Waals surface area contributed by atoms with Gasteiger partial charge in [0.05, 0.1) is 5.69 Å². The third kappa shape index (κ3) is 4.10. The number of likely N-dealkylation sites (tertiary alicyclic amines) is 1. The molecule has 0 saturated carbocycles. The second-order valence-corrected chi connectivity index (χ2v) is 7.22. The zero-order valence-electron chi connectivity index (χ0n) is 15.6. The van der Waals surface area contributed by atoms with Crippen LogP contribution in [0.5, 0.6) is 0 Å². The highest BCUT2D eigenvalue weighted by atomic mass is 16.5. The maximum absolute atomic E-state index is 12.3. The molecule has 0 bridgehead atoms. The fourth-order valence-corrected chi connectivity index (χ4v) is 3.52. The number of aryl methyl sites for hydroxylation is 4. The van der Waals surface area contributed by atoms with E-state index in [-0.39, 0.29) is 5.91 Å². The second kappa shape index (κ2) is 7.40. The topological polar surface area (TPSA) is 58.4 Å². The molecule has 2 aromatic rings. The Kier molecular flexibility index (Phi) is 5.23. The van der Waals surface area contributed by atoms with Crippen molar-refractivity contribution >= 4 is 5.91 Å². The lowest BCUT2D eigenvalue weighted by Crippen LogP contribution is -2.31. The molecule has 1 atom stereocenters. The molecule has 5 heteroatoms. The molecule has 1 aromatic carbocycles. The summed E-state index contributed by atoms with van der Waals surface area (Å²) in [6, 6.07) is 6.69. The molecular weight excluding hydrogens is 314 g/mol. The van der Waals surface area contributed by atoms with Gasteiger partial charge < -0.3 is 9.84 Å². The van der Waals surface area contributed by atoms with Gasteiger partial charge in [0, 0.05) is 19.6 Å². The summed E-state index contributed by atoms with van der Waals surface area (Å²) in [5, 5.41) is 6.89. The van der Waals surface area contributed by atoms with E-state index in [2.05, 4.69) is 47.4 Å². The van der Waals surface area contributed by atoms with E-state index in [0.29, 0.717) is 29.5 Å². The van der Waals surface area contributed by atoms with Crippen LogP contribution < -0.4 is 5.32 Å². The normalized spacial score (nSPS) is 17.8. The molecule has 0 spiro atoms. The lowest BCUT2D eigenvalue weighted by Gasteiger charge is -2.17. The number of carbonyl (C=O) groups is 1. The minimum atomic E-state index is -0.0798. The molecule has 1 aromatic heterocycles. The van der Waals surface area contributed by atoms with E-state index in [1.54, 1.807) is 13.8 Å². The summed E-state index contributed by atoms with van der Waals surface area (Å²) in [6.07, 6.45) is 1.12. The highest BCUT2D eigenvalue weighted by Crippen LogP contribution is 2.20. The van der Waals surface area contributed by atoms with E-state index in [4.69, 9.17) is 4.52 Å². The van der Waals surface area contributed by atoms with Gasteiger partial charge in [-0.1, -0.05) is 23.4 Å². The third-order valence-corrected chi connectivity index (χ3v) is 5.16. The Labute approximate surface area is 149 Å². The maximum Gasteiger partial charge on any atom is 0.256 e. The number of aromatic nitrogens is 1. The fraction of sp³-hybridized carbons (Fsp3) is 0.500. The lowest BCUT2D eigenvalue weighted by atomic mass is 10.1. The Bertz CT molecular complexity index is 747. The van der Waals surface area contributed by atoms with Gasteiger partial charge in [0.25, 0.3) is 5.91 Å². The molecule has 25 heavy (non-hydrogen) atoms. The zero-order valence-corrected chi connectivity index (χ0v) is 15.6. The van der Waals surface area contributed by atoms with E-state index < -0.39 is 0 Å². The van der Waals surface area contributed by atoms with Crippen LogP contribution in [0.4, 0.5) is 0 Å². The van der Waals surface area contributed by atoms with Crippen molar-refractivity contribution in [2.24, 2.45) is 5.92 Å². The molecule has 1 N–H and O–H groups in total. The van der Waals surface area contributed by atoms with Crippen molar-refractivity contribution in [2.75, 3.05) is 19.6 Å². The molecule has 1 fully saturated rings. The number of hydrogen-bond donors (Lipinski definition) is 1. The predicted molar refractivity (Wildman–Crippen MR) is 97.6 cm³/mol. The predicted octanol–water partition coefficient (Wildman–Crippen LogP) is 3.16. The van der Waals surface area contributed by atoms with Gasteiger partial charge in [-0.05, 0) is 63.3 Å². The smallest absolute Gasteiger partial charge is 0.256 e. The quantitative estimate of drug-likeness (QED) is 0.907. The largest absolute Gasteiger partial charge is 0.361 e. The molecule has 5 nitrogen and oxygen atoms in total. The van der Waals surface area contributed by atoms with Crippen molar-refractivity contribution < 1.29 is 9.32 Å². The Balaban J connectivity index is 1.50. The molecule has 1 aliphatic rings. The summed E-state index contributed by atoms with van der Waals surface area (Å²) >= 11 is 0. The van der Waals surface area contributed by atoms with Crippen LogP contribution in [0.2, 0.25) is 0 Å². The minimum Gasteiger partial charge on any atom is -0.361 e. The summed E-state index contributed by atoms with van der Waals surface area (Å²) in [4.78, 5) is 14.8. The molecule has 0 aliphatic carbocycles. The molecule has 1 saturated heterocycles. The maximum atomic E-state index is 12.3. The first-order chi connectivity index (χ1) is 11.9. The van der Waals surface area contributed by atoms with E-state index in [9.17, 15) is 4.79 Å². The molecule has 1 aliphatic heterocycles. The van der Waals surface area contributed by atoms with Crippen molar-refractivity contribution in [1.82, 2.24) is 15.4 Å². The number of nitrogens with zero attached hydrogens (tertiary/aromatic N) is 2. The molecule has 2 heterocycles. The molecule has 3 rings (SSSR count). The Morgan fingerprint density at radius 3 is 2.76 bits per heavy atom. The van der Waals surface area contributed by atoms with Crippen molar-refractivity contribution in [3.8, 4) is 0 Å². The van der Waals surface area contributed by atoms with Crippen molar-refractivity contribution in [3.63, 3.8) is 0 Å². The number of amides is 1. The number of hydrogen-bond acceptors (Lipinski definition) is 4. The highest BCUT2D eigenvalue weighted by Gasteiger charge is 2.24. The van der Waals surface area contributed by atoms with Gasteiger partial charge in [0.1, 0.15) is 11.3 Å².